The van der Waals surface area contributed by atoms with Gasteiger partial charge in [0.1, 0.15) is 0 Å². The van der Waals surface area contributed by atoms with E-state index >= 15 is 0 Å². The highest BCUT2D eigenvalue weighted by Crippen LogP contribution is 1.85. The van der Waals surface area contributed by atoms with Gasteiger partial charge in [-0.3, -0.25) is 4.18 Å². The van der Waals surface area contributed by atoms with E-state index in [1.807, 2.05) is 5.92 Å². The molecule has 12 heavy (non-hydrogen) atoms. The predicted octanol–water partition coefficient (Wildman–Crippen LogP) is -0.763. The Kier molecular flexibility index (Phi) is 4.10. The highest BCUT2D eigenvalue weighted by Gasteiger charge is 2.13. The Balaban J connectivity index is 3.95. The van der Waals surface area contributed by atoms with E-state index in [1.165, 1.54) is 4.72 Å². The molecule has 1 amide bonds. The average Bonchev–Trinajstić information content (AvgIpc) is 2.00. The molecule has 0 aromatic heterocycles. The van der Waals surface area contributed by atoms with Crippen LogP contribution in [0.4, 0.5) is 4.79 Å². The summed E-state index contributed by atoms with van der Waals surface area (Å²) in [6.45, 7) is -0.301. The Morgan fingerprint density at radius 1 is 1.67 bits per heavy atom. The van der Waals surface area contributed by atoms with Gasteiger partial charge in [-0.05, 0) is 0 Å². The number of rotatable bonds is 3. The number of hydrogen-bond acceptors (Lipinski definition) is 5. The molecule has 0 unspecified atom stereocenters. The van der Waals surface area contributed by atoms with Gasteiger partial charge in [-0.25, -0.2) is 4.79 Å². The van der Waals surface area contributed by atoms with Crippen molar-refractivity contribution in [1.82, 2.24) is 4.72 Å². The van der Waals surface area contributed by atoms with Crippen molar-refractivity contribution >= 4 is 16.4 Å². The van der Waals surface area contributed by atoms with Gasteiger partial charge < -0.3 is 4.74 Å². The van der Waals surface area contributed by atoms with Crippen LogP contribution in [-0.2, 0) is 19.2 Å². The van der Waals surface area contributed by atoms with Gasteiger partial charge in [0.05, 0.1) is 7.11 Å². The van der Waals surface area contributed by atoms with E-state index in [0.717, 1.165) is 7.11 Å². The van der Waals surface area contributed by atoms with Crippen LogP contribution >= 0.6 is 0 Å². The third-order valence-corrected chi connectivity index (χ3v) is 1.57. The van der Waals surface area contributed by atoms with Crippen molar-refractivity contribution in [1.29, 1.82) is 0 Å². The molecular weight excluding hydrogens is 186 g/mol. The summed E-state index contributed by atoms with van der Waals surface area (Å²) in [5.41, 5.74) is 0. The summed E-state index contributed by atoms with van der Waals surface area (Å²) in [6, 6.07) is 0. The molecule has 0 rings (SSSR count). The molecule has 7 heteroatoms. The van der Waals surface area contributed by atoms with Crippen molar-refractivity contribution < 1.29 is 22.1 Å². The molecule has 0 saturated carbocycles. The predicted molar refractivity (Wildman–Crippen MR) is 39.2 cm³/mol. The van der Waals surface area contributed by atoms with Gasteiger partial charge in [-0.2, -0.15) is 13.1 Å². The first kappa shape index (κ1) is 10.7. The Hall–Kier alpha value is -1.26. The number of nitrogens with one attached hydrogen (secondary N) is 1. The summed E-state index contributed by atoms with van der Waals surface area (Å²) in [4.78, 5) is 10.5. The Bertz CT molecular complexity index is 287. The zero-order valence-electron chi connectivity index (χ0n) is 6.23. The lowest BCUT2D eigenvalue weighted by Gasteiger charge is -2.02. The van der Waals surface area contributed by atoms with Gasteiger partial charge in [0.15, 0.2) is 6.61 Å². The monoisotopic (exact) mass is 193 g/mol. The third-order valence-electron chi connectivity index (χ3n) is 0.714. The van der Waals surface area contributed by atoms with Crippen LogP contribution < -0.4 is 4.72 Å². The molecule has 0 aliphatic carbocycles. The number of hydrogen-bond donors (Lipinski definition) is 1. The number of terminal acetylenes is 1. The first-order chi connectivity index (χ1) is 5.52. The second kappa shape index (κ2) is 4.58. The second-order valence-corrected chi connectivity index (χ2v) is 2.95. The van der Waals surface area contributed by atoms with Crippen LogP contribution in [0.15, 0.2) is 0 Å². The summed E-state index contributed by atoms with van der Waals surface area (Å²) < 4.78 is 30.5. The molecule has 0 bridgehead atoms. The van der Waals surface area contributed by atoms with Crippen molar-refractivity contribution in [2.24, 2.45) is 0 Å². The van der Waals surface area contributed by atoms with E-state index in [4.69, 9.17) is 6.42 Å². The summed E-state index contributed by atoms with van der Waals surface area (Å²) in [6.07, 6.45) is 3.57. The average molecular weight is 193 g/mol. The molecule has 0 radical (unpaired) electrons. The molecule has 0 heterocycles. The maximum absolute atomic E-state index is 10.5. The fraction of sp³-hybridized carbons (Fsp3) is 0.400. The minimum atomic E-state index is -4.04. The minimum absolute atomic E-state index is 0.301. The molecule has 0 saturated heterocycles. The normalized spacial score (nSPS) is 10.0. The molecule has 0 fully saturated rings. The molecular formula is C5H7NO5S. The zero-order chi connectivity index (χ0) is 9.61. The Morgan fingerprint density at radius 2 is 2.25 bits per heavy atom. The summed E-state index contributed by atoms with van der Waals surface area (Å²) in [5.74, 6) is 1.98. The SMILES string of the molecule is C#CCOC(=O)NS(=O)(=O)OC. The number of ether oxygens (including phenoxy) is 1. The smallest absolute Gasteiger partial charge is 0.423 e. The first-order valence-corrected chi connectivity index (χ1v) is 4.11. The third kappa shape index (κ3) is 4.54. The lowest BCUT2D eigenvalue weighted by Crippen LogP contribution is -2.31. The number of carbonyl (C=O) groups is 1. The number of carbonyl (C=O) groups excluding carboxylic acids is 1. The standard InChI is InChI=1S/C5H7NO5S/c1-3-4-11-5(7)6-12(8,9)10-2/h1H,4H2,2H3,(H,6,7). The zero-order valence-corrected chi connectivity index (χ0v) is 7.05. The summed E-state index contributed by atoms with van der Waals surface area (Å²) in [7, 11) is -3.14. The van der Waals surface area contributed by atoms with Crippen LogP contribution in [-0.4, -0.2) is 28.2 Å². The largest absolute Gasteiger partial charge is 0.436 e. The first-order valence-electron chi connectivity index (χ1n) is 2.70. The lowest BCUT2D eigenvalue weighted by atomic mass is 10.8. The van der Waals surface area contributed by atoms with E-state index in [0.29, 0.717) is 0 Å². The molecule has 0 aromatic rings. The molecule has 6 nitrogen and oxygen atoms in total. The van der Waals surface area contributed by atoms with Crippen molar-refractivity contribution in [3.8, 4) is 12.3 Å². The summed E-state index contributed by atoms with van der Waals surface area (Å²) in [5, 5.41) is 0. The molecule has 0 aliphatic rings. The van der Waals surface area contributed by atoms with Crippen LogP contribution in [0, 0.1) is 12.3 Å². The van der Waals surface area contributed by atoms with Gasteiger partial charge in [0.2, 0.25) is 0 Å². The van der Waals surface area contributed by atoms with Crippen LogP contribution in [0.5, 0.6) is 0 Å². The van der Waals surface area contributed by atoms with E-state index in [-0.39, 0.29) is 6.61 Å². The highest BCUT2D eigenvalue weighted by molar-refractivity contribution is 7.85. The minimum Gasteiger partial charge on any atom is -0.436 e. The second-order valence-electron chi connectivity index (χ2n) is 1.50. The van der Waals surface area contributed by atoms with Gasteiger partial charge in [-0.1, -0.05) is 5.92 Å². The van der Waals surface area contributed by atoms with Crippen molar-refractivity contribution in [2.45, 2.75) is 0 Å². The topological polar surface area (TPSA) is 81.7 Å². The lowest BCUT2D eigenvalue weighted by molar-refractivity contribution is 0.165. The number of amides is 1. The van der Waals surface area contributed by atoms with E-state index in [2.05, 4.69) is 8.92 Å². The van der Waals surface area contributed by atoms with Crippen molar-refractivity contribution in [2.75, 3.05) is 13.7 Å². The van der Waals surface area contributed by atoms with Crippen LogP contribution in [0.2, 0.25) is 0 Å². The Labute approximate surface area is 70.1 Å². The van der Waals surface area contributed by atoms with E-state index in [9.17, 15) is 13.2 Å². The van der Waals surface area contributed by atoms with Gasteiger partial charge in [0.25, 0.3) is 0 Å². The maximum atomic E-state index is 10.5. The van der Waals surface area contributed by atoms with Gasteiger partial charge >= 0.3 is 16.4 Å². The fourth-order valence-corrected chi connectivity index (χ4v) is 0.627. The van der Waals surface area contributed by atoms with Crippen molar-refractivity contribution in [3.63, 3.8) is 0 Å². The Morgan fingerprint density at radius 3 is 2.67 bits per heavy atom. The molecule has 68 valence electrons. The van der Waals surface area contributed by atoms with E-state index < -0.39 is 16.4 Å². The molecule has 0 aliphatic heterocycles. The molecule has 1 N–H and O–H groups in total. The highest BCUT2D eigenvalue weighted by atomic mass is 32.2. The molecule has 0 aromatic carbocycles. The van der Waals surface area contributed by atoms with Crippen LogP contribution in [0.1, 0.15) is 0 Å². The van der Waals surface area contributed by atoms with Gasteiger partial charge in [0, 0.05) is 0 Å². The molecule has 0 spiro atoms. The molecule has 0 atom stereocenters. The maximum Gasteiger partial charge on any atom is 0.423 e. The van der Waals surface area contributed by atoms with E-state index in [1.54, 1.807) is 0 Å². The van der Waals surface area contributed by atoms with Gasteiger partial charge in [-0.15, -0.1) is 6.42 Å². The van der Waals surface area contributed by atoms with Crippen LogP contribution in [0.25, 0.3) is 0 Å². The summed E-state index contributed by atoms with van der Waals surface area (Å²) >= 11 is 0. The van der Waals surface area contributed by atoms with Crippen LogP contribution in [0.3, 0.4) is 0 Å². The quantitative estimate of drug-likeness (QED) is 0.595. The fourth-order valence-electron chi connectivity index (χ4n) is 0.280. The van der Waals surface area contributed by atoms with Crippen molar-refractivity contribution in [3.05, 3.63) is 0 Å².